The number of nitrogens with zero attached hydrogens (tertiary/aromatic N) is 1. The molecular formula is C75H123B15NO12. The number of aldehydes is 1. The van der Waals surface area contributed by atoms with Gasteiger partial charge in [-0.1, -0.05) is 33.4 Å². The second-order valence-electron chi connectivity index (χ2n) is 36.6. The van der Waals surface area contributed by atoms with Gasteiger partial charge in [0.1, 0.15) is 23.6 Å². The van der Waals surface area contributed by atoms with E-state index in [2.05, 4.69) is 36.7 Å². The van der Waals surface area contributed by atoms with Gasteiger partial charge in [-0.3, -0.25) is 14.4 Å². The summed E-state index contributed by atoms with van der Waals surface area (Å²) in [4.78, 5) is 45.1. The number of ether oxygens (including phenoxy) is 4. The number of Topliss-reactive ketones (excluding diaryl/α,β-unsaturated/α-hetero) is 2. The molecule has 24 atom stereocenters. The van der Waals surface area contributed by atoms with E-state index >= 15 is 0 Å². The molecule has 1 aromatic rings. The number of aromatic nitrogens is 1. The Kier molecular flexibility index (Phi) is 31.6. The predicted octanol–water partition coefficient (Wildman–Crippen LogP) is 9.07. The topological polar surface area (TPSA) is 192 Å². The minimum absolute atomic E-state index is 0. The zero-order valence-electron chi connectivity index (χ0n) is 64.7. The monoisotopic (exact) mass is 1400 g/mol. The molecule has 3 N–H and O–H groups in total. The van der Waals surface area contributed by atoms with Crippen molar-refractivity contribution in [3.8, 4) is 0 Å². The fraction of sp³-hybridized carbons (Fsp3) is 0.907. The largest absolute Gasteiger partial charge is 0.468 e. The summed E-state index contributed by atoms with van der Waals surface area (Å²) >= 11 is 0. The molecule has 0 saturated heterocycles. The second-order valence-corrected chi connectivity index (χ2v) is 36.6. The molecule has 0 bridgehead atoms. The Labute approximate surface area is 638 Å². The maximum Gasteiger partial charge on any atom is 0.293 e. The third kappa shape index (κ3) is 18.6. The summed E-state index contributed by atoms with van der Waals surface area (Å²) < 4.78 is 27.3. The van der Waals surface area contributed by atoms with Crippen LogP contribution in [0.2, 0.25) is 0 Å². The molecule has 13 rings (SSSR count). The Morgan fingerprint density at radius 2 is 0.932 bits per heavy atom. The standard InChI is InChI=1S/C24H37NO3.C24H38O4.C23H38O3.C3H6O2.CH4.B8.B7/c1-22(26)11-12-24(15-27-3)16(14-22)4-5-17-18-6-7-20(21-9-13-25-28-21)23(18,2)10-8-19(17)24;1-22(27)11-12-24(15-28-3)16(14-22)4-5-17-18-6-7-20(21(26)9-13-25)23(18,2)10-8-19(17)24;1-15(24)18-7-8-19-17-6-5-16-13-21(2,25)11-12-23(16,14-26-4)20(17)9-10-22(18,19)3;1-2-5-3-4;;1-6(2)8(5)7(3)4;1-5-7(4)6(2)3/h9,13,16-20,26H,4-8,10-12,14-15H2,1-3H3;13,16-20,27H,4-12,14-15H2,1-3H3;16-20,25H,5-14H2,1-4H3;3H,2H2,1H3;1H4;;/t2*16-,17-,18-,19-,20+,22+,23-,24+;16-,17-,18+,19-,20-,21+,22+,23+;;;;/m000..../s1. The van der Waals surface area contributed by atoms with Crippen LogP contribution in [0.4, 0.5) is 0 Å². The van der Waals surface area contributed by atoms with E-state index in [1.807, 2.05) is 55.2 Å². The maximum atomic E-state index is 12.7. The molecule has 1 aromatic heterocycles. The van der Waals surface area contributed by atoms with Gasteiger partial charge in [-0.05, 0) is 311 Å². The van der Waals surface area contributed by atoms with Gasteiger partial charge in [-0.25, -0.2) is 0 Å². The maximum absolute atomic E-state index is 12.7. The molecule has 12 saturated carbocycles. The van der Waals surface area contributed by atoms with Crippen molar-refractivity contribution in [2.45, 2.75) is 265 Å². The van der Waals surface area contributed by atoms with Crippen molar-refractivity contribution in [3.05, 3.63) is 18.0 Å². The predicted molar refractivity (Wildman–Crippen MR) is 429 cm³/mol. The number of aliphatic hydroxyl groups is 3. The van der Waals surface area contributed by atoms with Crippen LogP contribution < -0.4 is 0 Å². The number of hydrogen-bond donors (Lipinski definition) is 3. The van der Waals surface area contributed by atoms with Gasteiger partial charge in [0.2, 0.25) is 0 Å². The summed E-state index contributed by atoms with van der Waals surface area (Å²) in [6, 6.07) is 2.09. The molecule has 0 aliphatic heterocycles. The van der Waals surface area contributed by atoms with Crippen molar-refractivity contribution in [1.82, 2.24) is 5.16 Å². The quantitative estimate of drug-likeness (QED) is 0.0761. The minimum atomic E-state index is -0.630. The zero-order chi connectivity index (χ0) is 75.2. The average Bonchev–Trinajstić information content (AvgIpc) is 1.71. The van der Waals surface area contributed by atoms with E-state index in [1.54, 1.807) is 6.92 Å². The SMILES string of the molecule is C.CCOC=O.COC[C@]12CC[C@@](C)(O)C[C@@H]1CC[C@H]1[C@@H]3CC[C@H](C(=O)CC=O)[C@@]3(C)CC[C@@H]12.COC[C@]12CC[C@@](C)(O)C[C@@H]1CC[C@H]1[C@@H]3CC[C@H](C(C)=O)[C@@]3(C)CC[C@@H]12.COC[C@]12CC[C@@](C)(O)C[C@@H]1CC[C@H]1[C@@H]3CC[C@H](c4ccno4)[C@@]3(C)CC[C@@H]12.[B]B([B])B([B])B([B])[B].[B][B]B([B])B([B])[B]. The lowest BCUT2D eigenvalue weighted by atomic mass is 8.68. The molecule has 19 radical (unpaired) electrons. The third-order valence-corrected chi connectivity index (χ3v) is 31.0. The van der Waals surface area contributed by atoms with E-state index in [1.165, 1.54) is 97.0 Å². The molecule has 12 aliphatic rings. The fourth-order valence-corrected chi connectivity index (χ4v) is 26.1. The fourth-order valence-electron chi connectivity index (χ4n) is 26.1. The van der Waals surface area contributed by atoms with Crippen LogP contribution in [0, 0.1) is 115 Å². The van der Waals surface area contributed by atoms with Gasteiger partial charge < -0.3 is 43.6 Å². The van der Waals surface area contributed by atoms with Crippen LogP contribution in [0.1, 0.15) is 254 Å². The van der Waals surface area contributed by atoms with Crippen LogP contribution in [-0.2, 0) is 38.1 Å². The smallest absolute Gasteiger partial charge is 0.293 e. The number of ketones is 2. The van der Waals surface area contributed by atoms with Gasteiger partial charge in [-0.2, -0.15) is 0 Å². The molecular weight excluding hydrogens is 1270 g/mol. The normalized spacial score (nSPS) is 42.4. The van der Waals surface area contributed by atoms with Gasteiger partial charge in [0, 0.05) is 154 Å². The number of carbonyl (C=O) groups excluding carboxylic acids is 4. The number of rotatable bonds is 17. The average molecular weight is 1390 g/mol. The van der Waals surface area contributed by atoms with Crippen LogP contribution in [0.5, 0.6) is 0 Å². The number of fused-ring (bicyclic) bond motifs is 15. The minimum Gasteiger partial charge on any atom is -0.468 e. The number of carbonyl (C=O) groups is 4. The van der Waals surface area contributed by atoms with Crippen molar-refractivity contribution in [2.24, 2.45) is 115 Å². The summed E-state index contributed by atoms with van der Waals surface area (Å²) in [6.45, 7) is 20.4. The van der Waals surface area contributed by atoms with Gasteiger partial charge in [0.25, 0.3) is 6.47 Å². The molecule has 0 unspecified atom stereocenters. The Morgan fingerprint density at radius 3 is 1.24 bits per heavy atom. The zero-order valence-corrected chi connectivity index (χ0v) is 64.7. The molecule has 12 aliphatic carbocycles. The van der Waals surface area contributed by atoms with Crippen molar-refractivity contribution in [2.75, 3.05) is 47.8 Å². The highest BCUT2D eigenvalue weighted by molar-refractivity contribution is 7.89. The Bertz CT molecular complexity index is 2850. The summed E-state index contributed by atoms with van der Waals surface area (Å²) in [5, 5.41) is 36.2. The van der Waals surface area contributed by atoms with E-state index in [0.29, 0.717) is 71.6 Å². The highest BCUT2D eigenvalue weighted by Crippen LogP contribution is 2.72. The second kappa shape index (κ2) is 36.7. The summed E-state index contributed by atoms with van der Waals surface area (Å²) in [5.74, 6) is 10.8. The van der Waals surface area contributed by atoms with E-state index < -0.39 is 42.3 Å². The van der Waals surface area contributed by atoms with Crippen molar-refractivity contribution < 1.29 is 58.0 Å². The van der Waals surface area contributed by atoms with Crippen molar-refractivity contribution >= 4 is 133 Å². The van der Waals surface area contributed by atoms with E-state index in [0.717, 1.165) is 145 Å². The molecule has 13 nitrogen and oxygen atoms in total. The van der Waals surface area contributed by atoms with Crippen molar-refractivity contribution in [3.63, 3.8) is 0 Å². The first-order chi connectivity index (χ1) is 48.0. The Balaban J connectivity index is 0.000000190. The number of methoxy groups -OCH3 is 3. The van der Waals surface area contributed by atoms with Crippen LogP contribution in [-0.4, -0.2) is 218 Å². The highest BCUT2D eigenvalue weighted by Gasteiger charge is 2.67. The van der Waals surface area contributed by atoms with Crippen LogP contribution in [0.25, 0.3) is 0 Å². The lowest BCUT2D eigenvalue weighted by Gasteiger charge is -2.62. The molecule has 12 fully saturated rings. The van der Waals surface area contributed by atoms with E-state index in [-0.39, 0.29) is 64.9 Å². The molecule has 545 valence electrons. The molecule has 0 spiro atoms. The molecule has 103 heavy (non-hydrogen) atoms. The Hall–Kier alpha value is -1.58. The molecule has 28 heteroatoms. The van der Waals surface area contributed by atoms with Gasteiger partial charge >= 0.3 is 0 Å². The van der Waals surface area contributed by atoms with Crippen LogP contribution >= 0.6 is 0 Å². The first-order valence-electron chi connectivity index (χ1n) is 39.7. The lowest BCUT2D eigenvalue weighted by Crippen LogP contribution is -2.58. The van der Waals surface area contributed by atoms with Crippen LogP contribution in [0.15, 0.2) is 16.8 Å². The van der Waals surface area contributed by atoms with Crippen molar-refractivity contribution in [1.29, 1.82) is 0 Å². The molecule has 0 amide bonds. The number of hydrogen-bond acceptors (Lipinski definition) is 13. The van der Waals surface area contributed by atoms with Gasteiger partial charge in [0.15, 0.2) is 0 Å². The van der Waals surface area contributed by atoms with Gasteiger partial charge in [0.05, 0.1) is 55.8 Å². The Morgan fingerprint density at radius 1 is 0.544 bits per heavy atom. The molecule has 1 heterocycles. The van der Waals surface area contributed by atoms with Gasteiger partial charge in [-0.15, -0.1) is 0 Å². The molecule has 0 aromatic carbocycles. The first kappa shape index (κ1) is 88.6. The van der Waals surface area contributed by atoms with E-state index in [4.69, 9.17) is 88.4 Å². The summed E-state index contributed by atoms with van der Waals surface area (Å²) in [6.07, 6.45) is 30.7. The highest BCUT2D eigenvalue weighted by atomic mass is 16.5. The first-order valence-corrected chi connectivity index (χ1v) is 39.7. The lowest BCUT2D eigenvalue weighted by molar-refractivity contribution is -0.175. The summed E-state index contributed by atoms with van der Waals surface area (Å²) in [7, 11) is 52.9. The van der Waals surface area contributed by atoms with Crippen LogP contribution in [0.3, 0.4) is 0 Å². The van der Waals surface area contributed by atoms with E-state index in [9.17, 15) is 34.5 Å². The third-order valence-electron chi connectivity index (χ3n) is 31.0. The summed E-state index contributed by atoms with van der Waals surface area (Å²) in [5.41, 5.74) is -0.114.